The Morgan fingerprint density at radius 1 is 1.22 bits per heavy atom. The topological polar surface area (TPSA) is 84.5 Å². The highest BCUT2D eigenvalue weighted by atomic mass is 16.2. The molecule has 7 nitrogen and oxygen atoms in total. The second-order valence-electron chi connectivity index (χ2n) is 6.99. The van der Waals surface area contributed by atoms with Crippen LogP contribution in [0.5, 0.6) is 0 Å². The van der Waals surface area contributed by atoms with Crippen molar-refractivity contribution in [1.82, 2.24) is 19.4 Å². The third-order valence-electron chi connectivity index (χ3n) is 5.11. The largest absolute Gasteiger partial charge is 0.368 e. The van der Waals surface area contributed by atoms with Gasteiger partial charge in [-0.2, -0.15) is 0 Å². The average molecular weight is 369 g/mol. The lowest BCUT2D eigenvalue weighted by molar-refractivity contribution is -0.137. The summed E-state index contributed by atoms with van der Waals surface area (Å²) in [6, 6.07) is 9.56. The number of nitrogens with zero attached hydrogens (tertiary/aromatic N) is 4. The van der Waals surface area contributed by atoms with Gasteiger partial charge in [0, 0.05) is 51.5 Å². The molecule has 0 spiro atoms. The Morgan fingerprint density at radius 3 is 2.67 bits per heavy atom. The summed E-state index contributed by atoms with van der Waals surface area (Å²) in [6.07, 6.45) is 4.90. The van der Waals surface area contributed by atoms with Gasteiger partial charge in [0.2, 0.25) is 11.8 Å². The monoisotopic (exact) mass is 369 g/mol. The Morgan fingerprint density at radius 2 is 2.00 bits per heavy atom. The quantitative estimate of drug-likeness (QED) is 0.794. The number of rotatable bonds is 7. The second-order valence-corrected chi connectivity index (χ2v) is 6.99. The van der Waals surface area contributed by atoms with Crippen molar-refractivity contribution in [1.29, 1.82) is 0 Å². The van der Waals surface area contributed by atoms with Crippen molar-refractivity contribution in [3.05, 3.63) is 54.1 Å². The zero-order chi connectivity index (χ0) is 19.2. The van der Waals surface area contributed by atoms with Crippen molar-refractivity contribution in [2.24, 2.45) is 5.73 Å². The summed E-state index contributed by atoms with van der Waals surface area (Å²) in [5.41, 5.74) is 6.76. The van der Waals surface area contributed by atoms with Gasteiger partial charge in [0.1, 0.15) is 11.9 Å². The van der Waals surface area contributed by atoms with Gasteiger partial charge < -0.3 is 15.2 Å². The fourth-order valence-electron chi connectivity index (χ4n) is 3.52. The molecule has 7 heteroatoms. The minimum Gasteiger partial charge on any atom is -0.368 e. The van der Waals surface area contributed by atoms with Crippen LogP contribution < -0.4 is 5.73 Å². The van der Waals surface area contributed by atoms with Crippen LogP contribution in [0.15, 0.2) is 42.7 Å². The van der Waals surface area contributed by atoms with Crippen molar-refractivity contribution in [2.45, 2.75) is 38.9 Å². The summed E-state index contributed by atoms with van der Waals surface area (Å²) in [4.78, 5) is 32.6. The van der Waals surface area contributed by atoms with Gasteiger partial charge in [-0.05, 0) is 18.9 Å². The lowest BCUT2D eigenvalue weighted by Gasteiger charge is -2.40. The molecule has 27 heavy (non-hydrogen) atoms. The molecule has 1 atom stereocenters. The molecular formula is C20H27N5O2. The summed E-state index contributed by atoms with van der Waals surface area (Å²) < 4.78 is 2.04. The molecule has 1 aliphatic heterocycles. The summed E-state index contributed by atoms with van der Waals surface area (Å²) >= 11 is 0. The molecule has 0 aliphatic carbocycles. The smallest absolute Gasteiger partial charge is 0.236 e. The molecule has 3 rings (SSSR count). The van der Waals surface area contributed by atoms with Gasteiger partial charge in [-0.25, -0.2) is 4.98 Å². The number of carbonyl (C=O) groups is 2. The van der Waals surface area contributed by atoms with Gasteiger partial charge in [0.05, 0.1) is 0 Å². The third-order valence-corrected chi connectivity index (χ3v) is 5.11. The van der Waals surface area contributed by atoms with Gasteiger partial charge in [-0.3, -0.25) is 14.5 Å². The van der Waals surface area contributed by atoms with Crippen LogP contribution in [0.1, 0.15) is 24.2 Å². The molecular weight excluding hydrogens is 342 g/mol. The molecule has 1 aliphatic rings. The Bertz CT molecular complexity index is 774. The van der Waals surface area contributed by atoms with Gasteiger partial charge in [-0.15, -0.1) is 0 Å². The number of nitrogens with two attached hydrogens (primary N) is 1. The van der Waals surface area contributed by atoms with E-state index in [2.05, 4.69) is 9.88 Å². The number of carbonyl (C=O) groups excluding carboxylic acids is 2. The van der Waals surface area contributed by atoms with E-state index in [0.717, 1.165) is 24.4 Å². The van der Waals surface area contributed by atoms with Crippen molar-refractivity contribution in [3.8, 4) is 0 Å². The van der Waals surface area contributed by atoms with Crippen molar-refractivity contribution >= 4 is 11.8 Å². The first-order chi connectivity index (χ1) is 13.0. The number of imidazole rings is 1. The van der Waals surface area contributed by atoms with E-state index in [0.29, 0.717) is 32.6 Å². The number of piperazine rings is 1. The maximum Gasteiger partial charge on any atom is 0.236 e. The predicted octanol–water partition coefficient (Wildman–Crippen LogP) is 1.17. The van der Waals surface area contributed by atoms with E-state index in [1.165, 1.54) is 0 Å². The van der Waals surface area contributed by atoms with E-state index in [1.54, 1.807) is 11.1 Å². The zero-order valence-electron chi connectivity index (χ0n) is 15.8. The van der Waals surface area contributed by atoms with Crippen molar-refractivity contribution in [2.75, 3.05) is 19.6 Å². The molecule has 1 saturated heterocycles. The van der Waals surface area contributed by atoms with E-state index in [-0.39, 0.29) is 11.8 Å². The van der Waals surface area contributed by atoms with Crippen molar-refractivity contribution < 1.29 is 9.59 Å². The number of aryl methyl sites for hydroxylation is 2. The normalized spacial score (nSPS) is 17.8. The highest BCUT2D eigenvalue weighted by Gasteiger charge is 2.32. The van der Waals surface area contributed by atoms with Crippen LogP contribution in [-0.2, 0) is 22.7 Å². The Labute approximate surface area is 159 Å². The summed E-state index contributed by atoms with van der Waals surface area (Å²) in [5.74, 6) is 0.654. The lowest BCUT2D eigenvalue weighted by atomic mass is 10.1. The molecule has 0 bridgehead atoms. The number of primary amides is 1. The van der Waals surface area contributed by atoms with Gasteiger partial charge >= 0.3 is 0 Å². The number of hydrogen-bond donors (Lipinski definition) is 1. The van der Waals surface area contributed by atoms with E-state index < -0.39 is 6.04 Å². The van der Waals surface area contributed by atoms with E-state index in [1.807, 2.05) is 48.0 Å². The van der Waals surface area contributed by atoms with Crippen molar-refractivity contribution in [3.63, 3.8) is 0 Å². The Balaban J connectivity index is 1.53. The maximum absolute atomic E-state index is 12.6. The highest BCUT2D eigenvalue weighted by molar-refractivity contribution is 5.82. The zero-order valence-corrected chi connectivity index (χ0v) is 15.8. The van der Waals surface area contributed by atoms with Gasteiger partial charge in [0.15, 0.2) is 0 Å². The number of benzene rings is 1. The minimum atomic E-state index is -0.446. The van der Waals surface area contributed by atoms with Crippen LogP contribution in [0.2, 0.25) is 0 Å². The van der Waals surface area contributed by atoms with Gasteiger partial charge in [-0.1, -0.05) is 30.3 Å². The van der Waals surface area contributed by atoms with Gasteiger partial charge in [0.25, 0.3) is 0 Å². The van der Waals surface area contributed by atoms with Crippen LogP contribution in [0.25, 0.3) is 0 Å². The predicted molar refractivity (Wildman–Crippen MR) is 103 cm³/mol. The number of amides is 2. The molecule has 1 aromatic carbocycles. The first-order valence-corrected chi connectivity index (χ1v) is 9.37. The first kappa shape index (κ1) is 19.1. The molecule has 2 amide bonds. The molecule has 0 unspecified atom stereocenters. The van der Waals surface area contributed by atoms with Crippen LogP contribution >= 0.6 is 0 Å². The number of hydrogen-bond acceptors (Lipinski definition) is 4. The molecule has 2 N–H and O–H groups in total. The second kappa shape index (κ2) is 8.81. The molecule has 2 heterocycles. The summed E-state index contributed by atoms with van der Waals surface area (Å²) in [7, 11) is 0. The molecule has 1 aromatic heterocycles. The molecule has 1 fully saturated rings. The van der Waals surface area contributed by atoms with E-state index in [9.17, 15) is 9.59 Å². The number of aromatic nitrogens is 2. The van der Waals surface area contributed by atoms with Crippen LogP contribution in [0, 0.1) is 6.92 Å². The molecule has 144 valence electrons. The molecule has 0 saturated carbocycles. The van der Waals surface area contributed by atoms with Crippen LogP contribution in [0.4, 0.5) is 0 Å². The Kier molecular flexibility index (Phi) is 6.24. The van der Waals surface area contributed by atoms with Crippen LogP contribution in [0.3, 0.4) is 0 Å². The maximum atomic E-state index is 12.6. The lowest BCUT2D eigenvalue weighted by Crippen LogP contribution is -2.58. The standard InChI is InChI=1S/C20H27N5O2/c1-16-22-9-11-23(16)10-5-8-19(26)25-13-12-24(18(15-25)20(21)27)14-17-6-3-2-4-7-17/h2-4,6-7,9,11,18H,5,8,10,12-15H2,1H3,(H2,21,27)/t18-/m0/s1. The fourth-order valence-corrected chi connectivity index (χ4v) is 3.52. The summed E-state index contributed by atoms with van der Waals surface area (Å²) in [6.45, 7) is 5.02. The SMILES string of the molecule is Cc1nccn1CCCC(=O)N1CCN(Cc2ccccc2)[C@H](C(N)=O)C1. The first-order valence-electron chi connectivity index (χ1n) is 9.37. The minimum absolute atomic E-state index is 0.0818. The third kappa shape index (κ3) is 4.95. The van der Waals surface area contributed by atoms with E-state index in [4.69, 9.17) is 5.73 Å². The molecule has 0 radical (unpaired) electrons. The summed E-state index contributed by atoms with van der Waals surface area (Å²) in [5, 5.41) is 0. The fraction of sp³-hybridized carbons (Fsp3) is 0.450. The highest BCUT2D eigenvalue weighted by Crippen LogP contribution is 2.15. The Hall–Kier alpha value is -2.67. The average Bonchev–Trinajstić information content (AvgIpc) is 3.07. The van der Waals surface area contributed by atoms with Crippen LogP contribution in [-0.4, -0.2) is 56.8 Å². The molecule has 2 aromatic rings. The van der Waals surface area contributed by atoms with E-state index >= 15 is 0 Å².